The van der Waals surface area contributed by atoms with Crippen LogP contribution in [0.15, 0.2) is 59.0 Å². The van der Waals surface area contributed by atoms with Gasteiger partial charge in [0, 0.05) is 19.4 Å². The van der Waals surface area contributed by atoms with Crippen LogP contribution < -0.4 is 5.32 Å². The van der Waals surface area contributed by atoms with E-state index in [0.29, 0.717) is 12.2 Å². The molecule has 0 unspecified atom stereocenters. The van der Waals surface area contributed by atoms with Crippen molar-refractivity contribution in [1.82, 2.24) is 10.2 Å². The van der Waals surface area contributed by atoms with Crippen molar-refractivity contribution in [2.75, 3.05) is 0 Å². The molecular weight excluding hydrogens is 328 g/mol. The van der Waals surface area contributed by atoms with E-state index < -0.39 is 5.54 Å². The summed E-state index contributed by atoms with van der Waals surface area (Å²) in [6, 6.07) is 13.3. The molecular formula is C21H24N2O3. The largest absolute Gasteiger partial charge is 0.465 e. The summed E-state index contributed by atoms with van der Waals surface area (Å²) < 4.78 is 5.53. The molecule has 0 bridgehead atoms. The Morgan fingerprint density at radius 3 is 2.54 bits per heavy atom. The SMILES string of the molecule is CC(=O)N1[C@H](C)C=C[C@]1(Cc1ccccc1)C(=O)NCc1ccc(C)o1. The van der Waals surface area contributed by atoms with Crippen molar-refractivity contribution < 1.29 is 14.0 Å². The van der Waals surface area contributed by atoms with Gasteiger partial charge in [-0.05, 0) is 31.5 Å². The van der Waals surface area contributed by atoms with Gasteiger partial charge in [-0.25, -0.2) is 0 Å². The van der Waals surface area contributed by atoms with Gasteiger partial charge in [-0.15, -0.1) is 0 Å². The zero-order valence-electron chi connectivity index (χ0n) is 15.4. The van der Waals surface area contributed by atoms with Crippen LogP contribution in [0, 0.1) is 6.92 Å². The first-order chi connectivity index (χ1) is 12.4. The normalized spacial score (nSPS) is 21.8. The number of nitrogens with zero attached hydrogens (tertiary/aromatic N) is 1. The molecule has 5 heteroatoms. The van der Waals surface area contributed by atoms with Crippen LogP contribution in [0.4, 0.5) is 0 Å². The summed E-state index contributed by atoms with van der Waals surface area (Å²) in [6.07, 6.45) is 4.20. The highest BCUT2D eigenvalue weighted by atomic mass is 16.3. The van der Waals surface area contributed by atoms with E-state index in [1.165, 1.54) is 6.92 Å². The van der Waals surface area contributed by atoms with Crippen LogP contribution in [0.25, 0.3) is 0 Å². The number of amides is 2. The molecule has 2 amide bonds. The number of hydrogen-bond acceptors (Lipinski definition) is 3. The molecule has 0 saturated carbocycles. The monoisotopic (exact) mass is 352 g/mol. The van der Waals surface area contributed by atoms with Crippen molar-refractivity contribution in [3.63, 3.8) is 0 Å². The van der Waals surface area contributed by atoms with Crippen LogP contribution in [-0.2, 0) is 22.6 Å². The first kappa shape index (κ1) is 18.0. The van der Waals surface area contributed by atoms with E-state index in [0.717, 1.165) is 11.3 Å². The maximum Gasteiger partial charge on any atom is 0.250 e. The molecule has 2 aromatic rings. The van der Waals surface area contributed by atoms with Crippen LogP contribution >= 0.6 is 0 Å². The lowest BCUT2D eigenvalue weighted by molar-refractivity contribution is -0.144. The number of benzene rings is 1. The first-order valence-corrected chi connectivity index (χ1v) is 8.79. The Kier molecular flexibility index (Phi) is 4.98. The van der Waals surface area contributed by atoms with Crippen LogP contribution in [0.5, 0.6) is 0 Å². The Morgan fingerprint density at radius 2 is 1.92 bits per heavy atom. The summed E-state index contributed by atoms with van der Waals surface area (Å²) in [7, 11) is 0. The van der Waals surface area contributed by atoms with Crippen molar-refractivity contribution in [3.05, 3.63) is 71.7 Å². The van der Waals surface area contributed by atoms with Gasteiger partial charge in [0.15, 0.2) is 0 Å². The van der Waals surface area contributed by atoms with E-state index in [2.05, 4.69) is 5.32 Å². The van der Waals surface area contributed by atoms with Crippen molar-refractivity contribution in [2.45, 2.75) is 45.3 Å². The molecule has 0 aliphatic carbocycles. The summed E-state index contributed by atoms with van der Waals surface area (Å²) >= 11 is 0. The molecule has 5 nitrogen and oxygen atoms in total. The number of carbonyl (C=O) groups is 2. The maximum atomic E-state index is 13.2. The number of carbonyl (C=O) groups excluding carboxylic acids is 2. The molecule has 0 fully saturated rings. The van der Waals surface area contributed by atoms with Crippen molar-refractivity contribution in [1.29, 1.82) is 0 Å². The summed E-state index contributed by atoms with van der Waals surface area (Å²) in [5, 5.41) is 2.94. The zero-order chi connectivity index (χ0) is 18.7. The van der Waals surface area contributed by atoms with Gasteiger partial charge >= 0.3 is 0 Å². The average Bonchev–Trinajstić information content (AvgIpc) is 3.17. The second-order valence-corrected chi connectivity index (χ2v) is 6.77. The minimum atomic E-state index is -1.03. The minimum Gasteiger partial charge on any atom is -0.465 e. The molecule has 2 atom stereocenters. The van der Waals surface area contributed by atoms with Crippen molar-refractivity contribution in [3.8, 4) is 0 Å². The summed E-state index contributed by atoms with van der Waals surface area (Å²) in [4.78, 5) is 27.2. The standard InChI is InChI=1S/C21H24N2O3/c1-15-11-12-21(23(15)17(3)24,13-18-7-5-4-6-8-18)20(25)22-14-19-10-9-16(2)26-19/h4-12,15H,13-14H2,1-3H3,(H,22,25)/t15-,21+/m1/s1. The molecule has 0 saturated heterocycles. The van der Waals surface area contributed by atoms with Crippen LogP contribution in [0.2, 0.25) is 0 Å². The second kappa shape index (κ2) is 7.20. The average molecular weight is 352 g/mol. The van der Waals surface area contributed by atoms with Crippen LogP contribution in [-0.4, -0.2) is 28.3 Å². The smallest absolute Gasteiger partial charge is 0.250 e. The molecule has 1 aliphatic rings. The topological polar surface area (TPSA) is 62.6 Å². The number of hydrogen-bond donors (Lipinski definition) is 1. The van der Waals surface area contributed by atoms with Crippen molar-refractivity contribution in [2.24, 2.45) is 0 Å². The Labute approximate surface area is 153 Å². The third kappa shape index (κ3) is 3.43. The van der Waals surface area contributed by atoms with Crippen molar-refractivity contribution >= 4 is 11.8 Å². The fourth-order valence-corrected chi connectivity index (χ4v) is 3.61. The van der Waals surface area contributed by atoms with Gasteiger partial charge in [0.2, 0.25) is 5.91 Å². The summed E-state index contributed by atoms with van der Waals surface area (Å²) in [5.74, 6) is 1.16. The Balaban J connectivity index is 1.88. The molecule has 2 heterocycles. The predicted octanol–water partition coefficient (Wildman–Crippen LogP) is 2.99. The summed E-state index contributed by atoms with van der Waals surface area (Å²) in [5.41, 5.74) is -0.0321. The third-order valence-corrected chi connectivity index (χ3v) is 4.76. The molecule has 0 spiro atoms. The van der Waals surface area contributed by atoms with Gasteiger partial charge in [0.1, 0.15) is 17.1 Å². The Hall–Kier alpha value is -2.82. The van der Waals surface area contributed by atoms with E-state index in [1.54, 1.807) is 4.90 Å². The highest BCUT2D eigenvalue weighted by molar-refractivity contribution is 5.94. The third-order valence-electron chi connectivity index (χ3n) is 4.76. The fourth-order valence-electron chi connectivity index (χ4n) is 3.61. The first-order valence-electron chi connectivity index (χ1n) is 8.79. The quantitative estimate of drug-likeness (QED) is 0.842. The van der Waals surface area contributed by atoms with Gasteiger partial charge < -0.3 is 14.6 Å². The van der Waals surface area contributed by atoms with Crippen LogP contribution in [0.1, 0.15) is 30.9 Å². The van der Waals surface area contributed by atoms with E-state index in [-0.39, 0.29) is 24.4 Å². The highest BCUT2D eigenvalue weighted by Gasteiger charge is 2.48. The Bertz CT molecular complexity index is 825. The Morgan fingerprint density at radius 1 is 1.19 bits per heavy atom. The highest BCUT2D eigenvalue weighted by Crippen LogP contribution is 2.32. The molecule has 1 aromatic carbocycles. The minimum absolute atomic E-state index is 0.123. The van der Waals surface area contributed by atoms with E-state index in [1.807, 2.05) is 68.5 Å². The lowest BCUT2D eigenvalue weighted by Gasteiger charge is -2.38. The second-order valence-electron chi connectivity index (χ2n) is 6.77. The number of aryl methyl sites for hydroxylation is 1. The van der Waals surface area contributed by atoms with Gasteiger partial charge in [-0.1, -0.05) is 42.5 Å². The number of furan rings is 1. The van der Waals surface area contributed by atoms with Gasteiger partial charge in [0.05, 0.1) is 6.54 Å². The summed E-state index contributed by atoms with van der Waals surface area (Å²) in [6.45, 7) is 5.58. The molecule has 0 radical (unpaired) electrons. The molecule has 1 aliphatic heterocycles. The zero-order valence-corrected chi connectivity index (χ0v) is 15.4. The number of nitrogens with one attached hydrogen (secondary N) is 1. The van der Waals surface area contributed by atoms with Gasteiger partial charge in [-0.2, -0.15) is 0 Å². The van der Waals surface area contributed by atoms with E-state index >= 15 is 0 Å². The molecule has 26 heavy (non-hydrogen) atoms. The molecule has 3 rings (SSSR count). The molecule has 1 aromatic heterocycles. The van der Waals surface area contributed by atoms with Gasteiger partial charge in [0.25, 0.3) is 5.91 Å². The lowest BCUT2D eigenvalue weighted by Crippen LogP contribution is -2.60. The van der Waals surface area contributed by atoms with E-state index in [9.17, 15) is 9.59 Å². The van der Waals surface area contributed by atoms with Gasteiger partial charge in [-0.3, -0.25) is 9.59 Å². The van der Waals surface area contributed by atoms with Crippen LogP contribution in [0.3, 0.4) is 0 Å². The maximum absolute atomic E-state index is 13.2. The molecule has 1 N–H and O–H groups in total. The van der Waals surface area contributed by atoms with E-state index in [4.69, 9.17) is 4.42 Å². The fraction of sp³-hybridized carbons (Fsp3) is 0.333. The lowest BCUT2D eigenvalue weighted by atomic mass is 9.89. The number of rotatable bonds is 5. The predicted molar refractivity (Wildman–Crippen MR) is 99.3 cm³/mol. The molecule has 136 valence electrons.